The van der Waals surface area contributed by atoms with Gasteiger partial charge in [-0.05, 0) is 43.2 Å². The maximum atomic E-state index is 12.8. The van der Waals surface area contributed by atoms with Crippen LogP contribution in [0.4, 0.5) is 10.5 Å². The molecular formula is C22H20ClN3O4. The smallest absolute Gasteiger partial charge is 0.338 e. The van der Waals surface area contributed by atoms with Crippen molar-refractivity contribution >= 4 is 35.2 Å². The first-order valence-electron chi connectivity index (χ1n) is 9.44. The van der Waals surface area contributed by atoms with E-state index in [-0.39, 0.29) is 19.1 Å². The van der Waals surface area contributed by atoms with E-state index in [9.17, 15) is 14.4 Å². The summed E-state index contributed by atoms with van der Waals surface area (Å²) in [5.74, 6) is -0.890. The summed E-state index contributed by atoms with van der Waals surface area (Å²) in [4.78, 5) is 39.1. The number of halogens is 1. The van der Waals surface area contributed by atoms with Crippen LogP contribution in [0.25, 0.3) is 0 Å². The number of benzene rings is 2. The van der Waals surface area contributed by atoms with E-state index in [2.05, 4.69) is 10.6 Å². The molecule has 2 aliphatic rings. The Morgan fingerprint density at radius 1 is 1.23 bits per heavy atom. The number of nitrogens with zero attached hydrogens (tertiary/aromatic N) is 1. The number of hydrogen-bond donors (Lipinski definition) is 2. The number of nitrogens with one attached hydrogen (secondary N) is 2. The highest BCUT2D eigenvalue weighted by Gasteiger charge is 2.42. The molecule has 0 aliphatic carbocycles. The fraction of sp³-hybridized carbons (Fsp3) is 0.227. The predicted molar refractivity (Wildman–Crippen MR) is 112 cm³/mol. The number of anilines is 1. The number of ether oxygens (including phenoxy) is 1. The summed E-state index contributed by atoms with van der Waals surface area (Å²) in [6, 6.07) is 11.4. The van der Waals surface area contributed by atoms with E-state index in [1.807, 2.05) is 32.0 Å². The molecule has 30 heavy (non-hydrogen) atoms. The molecular weight excluding hydrogens is 406 g/mol. The number of rotatable bonds is 4. The van der Waals surface area contributed by atoms with E-state index in [4.69, 9.17) is 16.3 Å². The fourth-order valence-corrected chi connectivity index (χ4v) is 3.90. The van der Waals surface area contributed by atoms with Gasteiger partial charge in [-0.15, -0.1) is 0 Å². The van der Waals surface area contributed by atoms with E-state index in [1.165, 1.54) is 4.90 Å². The van der Waals surface area contributed by atoms with E-state index >= 15 is 0 Å². The number of aryl methyl sites for hydroxylation is 2. The van der Waals surface area contributed by atoms with Crippen LogP contribution >= 0.6 is 11.6 Å². The van der Waals surface area contributed by atoms with Crippen LogP contribution in [-0.4, -0.2) is 36.0 Å². The SMILES string of the molecule is Cc1ccc(NC(=O)CN2C(=O)N[C@H](c3cccc(Cl)c3)C3=C2COC3=O)c(C)c1. The summed E-state index contributed by atoms with van der Waals surface area (Å²) in [5, 5.41) is 6.10. The van der Waals surface area contributed by atoms with Gasteiger partial charge in [-0.3, -0.25) is 9.69 Å². The predicted octanol–water partition coefficient (Wildman–Crippen LogP) is 3.47. The summed E-state index contributed by atoms with van der Waals surface area (Å²) in [7, 11) is 0. The molecule has 0 bridgehead atoms. The fourth-order valence-electron chi connectivity index (χ4n) is 3.70. The molecule has 4 rings (SSSR count). The van der Waals surface area contributed by atoms with Crippen LogP contribution in [0.3, 0.4) is 0 Å². The van der Waals surface area contributed by atoms with Crippen LogP contribution in [-0.2, 0) is 14.3 Å². The molecule has 2 heterocycles. The molecule has 0 saturated carbocycles. The summed E-state index contributed by atoms with van der Waals surface area (Å²) in [6.07, 6.45) is 0. The van der Waals surface area contributed by atoms with Crippen molar-refractivity contribution in [3.63, 3.8) is 0 Å². The van der Waals surface area contributed by atoms with Crippen molar-refractivity contribution in [2.45, 2.75) is 19.9 Å². The third kappa shape index (κ3) is 3.76. The van der Waals surface area contributed by atoms with Gasteiger partial charge in [0, 0.05) is 10.7 Å². The van der Waals surface area contributed by atoms with Gasteiger partial charge in [-0.1, -0.05) is 41.4 Å². The highest BCUT2D eigenvalue weighted by atomic mass is 35.5. The summed E-state index contributed by atoms with van der Waals surface area (Å²) in [5.41, 5.74) is 4.06. The molecule has 8 heteroatoms. The highest BCUT2D eigenvalue weighted by molar-refractivity contribution is 6.30. The minimum Gasteiger partial charge on any atom is -0.456 e. The van der Waals surface area contributed by atoms with Crippen LogP contribution in [0, 0.1) is 13.8 Å². The first-order chi connectivity index (χ1) is 14.3. The van der Waals surface area contributed by atoms with Crippen LogP contribution in [0.5, 0.6) is 0 Å². The Bertz CT molecular complexity index is 1100. The van der Waals surface area contributed by atoms with Gasteiger partial charge in [0.25, 0.3) is 0 Å². The van der Waals surface area contributed by atoms with Crippen LogP contribution in [0.1, 0.15) is 22.7 Å². The highest BCUT2D eigenvalue weighted by Crippen LogP contribution is 2.35. The first kappa shape index (κ1) is 20.0. The minimum atomic E-state index is -0.681. The second-order valence-electron chi connectivity index (χ2n) is 7.33. The molecule has 0 fully saturated rings. The molecule has 0 unspecified atom stereocenters. The van der Waals surface area contributed by atoms with E-state index in [1.54, 1.807) is 24.3 Å². The molecule has 7 nitrogen and oxygen atoms in total. The number of cyclic esters (lactones) is 1. The van der Waals surface area contributed by atoms with Crippen molar-refractivity contribution in [3.8, 4) is 0 Å². The van der Waals surface area contributed by atoms with Crippen molar-refractivity contribution in [2.75, 3.05) is 18.5 Å². The number of amides is 3. The molecule has 2 aromatic carbocycles. The third-order valence-corrected chi connectivity index (χ3v) is 5.37. The lowest BCUT2D eigenvalue weighted by molar-refractivity contribution is -0.136. The Kier molecular flexibility index (Phi) is 5.22. The molecule has 0 saturated heterocycles. The monoisotopic (exact) mass is 425 g/mol. The van der Waals surface area contributed by atoms with Crippen molar-refractivity contribution in [1.29, 1.82) is 0 Å². The molecule has 3 amide bonds. The summed E-state index contributed by atoms with van der Waals surface area (Å²) in [6.45, 7) is 3.57. The van der Waals surface area contributed by atoms with Gasteiger partial charge in [0.1, 0.15) is 13.2 Å². The van der Waals surface area contributed by atoms with E-state index in [0.29, 0.717) is 27.5 Å². The number of urea groups is 1. The standard InChI is InChI=1S/C22H20ClN3O4/c1-12-6-7-16(13(2)8-12)24-18(27)10-26-17-11-30-21(28)19(17)20(25-22(26)29)14-4-3-5-15(23)9-14/h3-9,20H,10-11H2,1-2H3,(H,24,27)(H,25,29)/t20-/m1/s1. The topological polar surface area (TPSA) is 87.7 Å². The van der Waals surface area contributed by atoms with Gasteiger partial charge >= 0.3 is 12.0 Å². The maximum Gasteiger partial charge on any atom is 0.338 e. The van der Waals surface area contributed by atoms with Gasteiger partial charge < -0.3 is 15.4 Å². The Labute approximate surface area is 178 Å². The maximum absolute atomic E-state index is 12.8. The molecule has 2 aromatic rings. The Morgan fingerprint density at radius 2 is 2.03 bits per heavy atom. The molecule has 0 spiro atoms. The number of hydrogen-bond acceptors (Lipinski definition) is 4. The number of esters is 1. The van der Waals surface area contributed by atoms with Crippen molar-refractivity contribution in [3.05, 3.63) is 75.4 Å². The lowest BCUT2D eigenvalue weighted by atomic mass is 9.96. The average Bonchev–Trinajstić information content (AvgIpc) is 3.08. The van der Waals surface area contributed by atoms with Crippen molar-refractivity contribution in [2.24, 2.45) is 0 Å². The van der Waals surface area contributed by atoms with Gasteiger partial charge in [0.05, 0.1) is 17.3 Å². The van der Waals surface area contributed by atoms with Gasteiger partial charge in [0.2, 0.25) is 5.91 Å². The normalized spacial score (nSPS) is 18.1. The van der Waals surface area contributed by atoms with Gasteiger partial charge in [-0.25, -0.2) is 9.59 Å². The zero-order valence-corrected chi connectivity index (χ0v) is 17.2. The second kappa shape index (κ2) is 7.84. The zero-order valence-electron chi connectivity index (χ0n) is 16.5. The third-order valence-electron chi connectivity index (χ3n) is 5.14. The largest absolute Gasteiger partial charge is 0.456 e. The molecule has 2 N–H and O–H groups in total. The van der Waals surface area contributed by atoms with Crippen LogP contribution in [0.15, 0.2) is 53.7 Å². The molecule has 154 valence electrons. The molecule has 2 aliphatic heterocycles. The summed E-state index contributed by atoms with van der Waals surface area (Å²) < 4.78 is 5.18. The number of carbonyl (C=O) groups excluding carboxylic acids is 3. The second-order valence-corrected chi connectivity index (χ2v) is 7.76. The van der Waals surface area contributed by atoms with E-state index < -0.39 is 18.0 Å². The van der Waals surface area contributed by atoms with Gasteiger partial charge in [-0.2, -0.15) is 0 Å². The molecule has 0 radical (unpaired) electrons. The molecule has 0 aromatic heterocycles. The Morgan fingerprint density at radius 3 is 2.77 bits per heavy atom. The summed E-state index contributed by atoms with van der Waals surface area (Å²) >= 11 is 6.07. The first-order valence-corrected chi connectivity index (χ1v) is 9.82. The Hall–Kier alpha value is -3.32. The minimum absolute atomic E-state index is 0.0600. The lowest BCUT2D eigenvalue weighted by Crippen LogP contribution is -2.49. The van der Waals surface area contributed by atoms with E-state index in [0.717, 1.165) is 11.1 Å². The van der Waals surface area contributed by atoms with Crippen LogP contribution < -0.4 is 10.6 Å². The average molecular weight is 426 g/mol. The number of carbonyl (C=O) groups is 3. The lowest BCUT2D eigenvalue weighted by Gasteiger charge is -2.32. The zero-order chi connectivity index (χ0) is 21.4. The van der Waals surface area contributed by atoms with Crippen LogP contribution in [0.2, 0.25) is 5.02 Å². The Balaban J connectivity index is 1.60. The van der Waals surface area contributed by atoms with Gasteiger partial charge in [0.15, 0.2) is 0 Å². The quantitative estimate of drug-likeness (QED) is 0.734. The van der Waals surface area contributed by atoms with Crippen molar-refractivity contribution < 1.29 is 19.1 Å². The molecule has 1 atom stereocenters. The van der Waals surface area contributed by atoms with Crippen molar-refractivity contribution in [1.82, 2.24) is 10.2 Å².